The van der Waals surface area contributed by atoms with Gasteiger partial charge in [-0.05, 0) is 34.1 Å². The fourth-order valence-electron chi connectivity index (χ4n) is 2.29. The Morgan fingerprint density at radius 2 is 2.15 bits per heavy atom. The molecule has 108 valence electrons. The van der Waals surface area contributed by atoms with Crippen molar-refractivity contribution in [2.75, 3.05) is 25.2 Å². The Kier molecular flexibility index (Phi) is 4.29. The molecule has 0 saturated carbocycles. The summed E-state index contributed by atoms with van der Waals surface area (Å²) in [6, 6.07) is 4.73. The van der Waals surface area contributed by atoms with Gasteiger partial charge >= 0.3 is 5.97 Å². The SMILES string of the molecule is CN(c1ccc(C(N)=O)cc1Br)C1COCC1C(=O)O. The first-order chi connectivity index (χ1) is 9.41. The summed E-state index contributed by atoms with van der Waals surface area (Å²) in [5.41, 5.74) is 6.41. The van der Waals surface area contributed by atoms with Crippen molar-refractivity contribution >= 4 is 33.5 Å². The lowest BCUT2D eigenvalue weighted by Crippen LogP contribution is -2.41. The van der Waals surface area contributed by atoms with Gasteiger partial charge in [-0.3, -0.25) is 9.59 Å². The zero-order chi connectivity index (χ0) is 14.9. The predicted molar refractivity (Wildman–Crippen MR) is 76.8 cm³/mol. The van der Waals surface area contributed by atoms with Crippen LogP contribution in [0.15, 0.2) is 22.7 Å². The van der Waals surface area contributed by atoms with Crippen LogP contribution < -0.4 is 10.6 Å². The molecule has 3 N–H and O–H groups in total. The molecule has 1 aromatic rings. The highest BCUT2D eigenvalue weighted by molar-refractivity contribution is 9.10. The third kappa shape index (κ3) is 2.78. The smallest absolute Gasteiger partial charge is 0.311 e. The van der Waals surface area contributed by atoms with Crippen LogP contribution in [0, 0.1) is 5.92 Å². The van der Waals surface area contributed by atoms with Crippen LogP contribution in [0.5, 0.6) is 0 Å². The molecular weight excluding hydrogens is 328 g/mol. The van der Waals surface area contributed by atoms with E-state index in [9.17, 15) is 14.7 Å². The van der Waals surface area contributed by atoms with Gasteiger partial charge < -0.3 is 20.5 Å². The molecule has 0 bridgehead atoms. The number of carbonyl (C=O) groups excluding carboxylic acids is 1. The van der Waals surface area contributed by atoms with Gasteiger partial charge in [-0.25, -0.2) is 0 Å². The molecule has 2 rings (SSSR count). The van der Waals surface area contributed by atoms with Gasteiger partial charge in [0.1, 0.15) is 5.92 Å². The van der Waals surface area contributed by atoms with Crippen molar-refractivity contribution in [2.24, 2.45) is 11.7 Å². The molecule has 7 heteroatoms. The summed E-state index contributed by atoms with van der Waals surface area (Å²) in [6.45, 7) is 0.568. The molecule has 2 atom stereocenters. The molecule has 1 amide bonds. The van der Waals surface area contributed by atoms with Gasteiger partial charge in [0.15, 0.2) is 0 Å². The minimum atomic E-state index is -0.871. The number of halogens is 1. The molecular formula is C13H15BrN2O4. The van der Waals surface area contributed by atoms with Gasteiger partial charge in [0.05, 0.1) is 24.9 Å². The van der Waals surface area contributed by atoms with Crippen LogP contribution in [0.25, 0.3) is 0 Å². The average molecular weight is 343 g/mol. The average Bonchev–Trinajstić information content (AvgIpc) is 2.87. The number of carboxylic acid groups (broad SMARTS) is 1. The van der Waals surface area contributed by atoms with E-state index in [1.807, 2.05) is 4.90 Å². The third-order valence-electron chi connectivity index (χ3n) is 3.48. The number of carbonyl (C=O) groups is 2. The topological polar surface area (TPSA) is 92.9 Å². The van der Waals surface area contributed by atoms with E-state index in [0.717, 1.165) is 5.69 Å². The molecule has 0 radical (unpaired) electrons. The first-order valence-corrected chi connectivity index (χ1v) is 6.84. The van der Waals surface area contributed by atoms with Crippen molar-refractivity contribution in [1.82, 2.24) is 0 Å². The highest BCUT2D eigenvalue weighted by atomic mass is 79.9. The maximum absolute atomic E-state index is 11.2. The third-order valence-corrected chi connectivity index (χ3v) is 4.11. The van der Waals surface area contributed by atoms with Crippen LogP contribution >= 0.6 is 15.9 Å². The molecule has 6 nitrogen and oxygen atoms in total. The minimum Gasteiger partial charge on any atom is -0.481 e. The second-order valence-electron chi connectivity index (χ2n) is 4.69. The van der Waals surface area contributed by atoms with E-state index < -0.39 is 17.8 Å². The first-order valence-electron chi connectivity index (χ1n) is 6.04. The zero-order valence-electron chi connectivity index (χ0n) is 10.9. The van der Waals surface area contributed by atoms with Crippen LogP contribution in [-0.2, 0) is 9.53 Å². The van der Waals surface area contributed by atoms with Crippen LogP contribution in [0.2, 0.25) is 0 Å². The minimum absolute atomic E-state index is 0.210. The predicted octanol–water partition coefficient (Wildman–Crippen LogP) is 1.08. The molecule has 1 aromatic carbocycles. The van der Waals surface area contributed by atoms with Gasteiger partial charge in [0, 0.05) is 17.1 Å². The number of likely N-dealkylation sites (N-methyl/N-ethyl adjacent to an activating group) is 1. The Morgan fingerprint density at radius 3 is 2.70 bits per heavy atom. The number of primary amides is 1. The molecule has 0 aliphatic carbocycles. The maximum atomic E-state index is 11.2. The summed E-state index contributed by atoms with van der Waals surface area (Å²) in [7, 11) is 1.80. The van der Waals surface area contributed by atoms with Crippen LogP contribution in [0.3, 0.4) is 0 Å². The summed E-state index contributed by atoms with van der Waals surface area (Å²) in [6.07, 6.45) is 0. The molecule has 1 heterocycles. The maximum Gasteiger partial charge on any atom is 0.311 e. The number of benzene rings is 1. The number of nitrogens with two attached hydrogens (primary N) is 1. The van der Waals surface area contributed by atoms with Crippen LogP contribution in [-0.4, -0.2) is 43.3 Å². The van der Waals surface area contributed by atoms with Crippen molar-refractivity contribution in [1.29, 1.82) is 0 Å². The van der Waals surface area contributed by atoms with Gasteiger partial charge in [-0.1, -0.05) is 0 Å². The number of anilines is 1. The van der Waals surface area contributed by atoms with E-state index in [0.29, 0.717) is 16.6 Å². The van der Waals surface area contributed by atoms with Gasteiger partial charge in [-0.2, -0.15) is 0 Å². The van der Waals surface area contributed by atoms with E-state index in [2.05, 4.69) is 15.9 Å². The molecule has 1 aliphatic heterocycles. The summed E-state index contributed by atoms with van der Waals surface area (Å²) in [5.74, 6) is -1.94. The molecule has 0 spiro atoms. The van der Waals surface area contributed by atoms with Crippen LogP contribution in [0.4, 0.5) is 5.69 Å². The molecule has 20 heavy (non-hydrogen) atoms. The Labute approximate surface area is 124 Å². The number of rotatable bonds is 4. The van der Waals surface area contributed by atoms with E-state index in [1.54, 1.807) is 25.2 Å². The zero-order valence-corrected chi connectivity index (χ0v) is 12.5. The highest BCUT2D eigenvalue weighted by Gasteiger charge is 2.37. The normalized spacial score (nSPS) is 21.7. The molecule has 0 aromatic heterocycles. The van der Waals surface area contributed by atoms with Gasteiger partial charge in [0.2, 0.25) is 5.91 Å². The number of aliphatic carboxylic acids is 1. The van der Waals surface area contributed by atoms with Gasteiger partial charge in [0.25, 0.3) is 0 Å². The lowest BCUT2D eigenvalue weighted by atomic mass is 10.0. The quantitative estimate of drug-likeness (QED) is 0.854. The van der Waals surface area contributed by atoms with Crippen molar-refractivity contribution in [3.63, 3.8) is 0 Å². The van der Waals surface area contributed by atoms with E-state index in [-0.39, 0.29) is 12.6 Å². The number of carboxylic acids is 1. The van der Waals surface area contributed by atoms with E-state index in [1.165, 1.54) is 0 Å². The number of hydrogen-bond acceptors (Lipinski definition) is 4. The van der Waals surface area contributed by atoms with Gasteiger partial charge in [-0.15, -0.1) is 0 Å². The Balaban J connectivity index is 2.27. The fraction of sp³-hybridized carbons (Fsp3) is 0.385. The lowest BCUT2D eigenvalue weighted by molar-refractivity contribution is -0.141. The van der Waals surface area contributed by atoms with Crippen molar-refractivity contribution in [2.45, 2.75) is 6.04 Å². The Hall–Kier alpha value is -1.60. The number of hydrogen-bond donors (Lipinski definition) is 2. The molecule has 1 aliphatic rings. The number of ether oxygens (including phenoxy) is 1. The molecule has 2 unspecified atom stereocenters. The van der Waals surface area contributed by atoms with Crippen molar-refractivity contribution in [3.05, 3.63) is 28.2 Å². The summed E-state index contributed by atoms with van der Waals surface area (Å²) in [5, 5.41) is 9.19. The second-order valence-corrected chi connectivity index (χ2v) is 5.55. The van der Waals surface area contributed by atoms with Crippen LogP contribution in [0.1, 0.15) is 10.4 Å². The Morgan fingerprint density at radius 1 is 1.45 bits per heavy atom. The lowest BCUT2D eigenvalue weighted by Gasteiger charge is -2.29. The van der Waals surface area contributed by atoms with Crippen molar-refractivity contribution in [3.8, 4) is 0 Å². The number of nitrogens with zero attached hydrogens (tertiary/aromatic N) is 1. The number of amides is 1. The first kappa shape index (κ1) is 14.8. The fourth-order valence-corrected chi connectivity index (χ4v) is 2.94. The molecule has 1 fully saturated rings. The second kappa shape index (κ2) is 5.80. The standard InChI is InChI=1S/C13H15BrN2O4/c1-16(11-6-20-5-8(11)13(18)19)10-3-2-7(12(15)17)4-9(10)14/h2-4,8,11H,5-6H2,1H3,(H2,15,17)(H,18,19). The van der Waals surface area contributed by atoms with Crippen molar-refractivity contribution < 1.29 is 19.4 Å². The summed E-state index contributed by atoms with van der Waals surface area (Å²) in [4.78, 5) is 24.2. The molecule has 1 saturated heterocycles. The summed E-state index contributed by atoms with van der Waals surface area (Å²) < 4.78 is 5.95. The monoisotopic (exact) mass is 342 g/mol. The largest absolute Gasteiger partial charge is 0.481 e. The summed E-state index contributed by atoms with van der Waals surface area (Å²) >= 11 is 3.38. The van der Waals surface area contributed by atoms with E-state index >= 15 is 0 Å². The highest BCUT2D eigenvalue weighted by Crippen LogP contribution is 2.31. The van der Waals surface area contributed by atoms with E-state index in [4.69, 9.17) is 10.5 Å². The Bertz CT molecular complexity index is 549.